The molecule has 1 N–H and O–H groups in total. The van der Waals surface area contributed by atoms with Crippen LogP contribution >= 0.6 is 0 Å². The van der Waals surface area contributed by atoms with E-state index in [9.17, 15) is 14.7 Å². The maximum Gasteiger partial charge on any atom is 0.309 e. The maximum atomic E-state index is 12.3. The maximum absolute atomic E-state index is 12.3. The number of ether oxygens (including phenoxy) is 2. The first-order valence-corrected chi connectivity index (χ1v) is 19.3. The first-order chi connectivity index (χ1) is 22.0. The zero-order valence-corrected chi connectivity index (χ0v) is 30.2. The van der Waals surface area contributed by atoms with E-state index in [1.54, 1.807) is 0 Å². The molecule has 6 heteroatoms. The molecular weight excluding hydrogens is 562 g/mol. The third kappa shape index (κ3) is 31.0. The van der Waals surface area contributed by atoms with Crippen LogP contribution in [0, 0.1) is 5.92 Å². The van der Waals surface area contributed by atoms with Crippen molar-refractivity contribution in [2.24, 2.45) is 5.92 Å². The standard InChI is InChI=1S/C39H75NO5/c1-5-8-17-25-37(26-18-9-6-2)28-34-45-38(42)27-19-13-12-15-21-30-40(31-22-23-32-41)29-20-14-10-11-16-24-33-44-39(43)35-36(4)7-3/h37,41H,4-35H2,1-3H3. The number of esters is 2. The number of carbonyl (C=O) groups excluding carboxylic acids is 2. The lowest BCUT2D eigenvalue weighted by molar-refractivity contribution is -0.144. The van der Waals surface area contributed by atoms with Crippen molar-refractivity contribution in [3.8, 4) is 0 Å². The van der Waals surface area contributed by atoms with Crippen molar-refractivity contribution < 1.29 is 24.2 Å². The van der Waals surface area contributed by atoms with Gasteiger partial charge in [-0.1, -0.05) is 129 Å². The van der Waals surface area contributed by atoms with Gasteiger partial charge in [0.05, 0.1) is 19.6 Å². The van der Waals surface area contributed by atoms with Gasteiger partial charge >= 0.3 is 11.9 Å². The molecule has 0 aliphatic rings. The van der Waals surface area contributed by atoms with Gasteiger partial charge in [-0.2, -0.15) is 0 Å². The lowest BCUT2D eigenvalue weighted by atomic mass is 9.92. The smallest absolute Gasteiger partial charge is 0.309 e. The fourth-order valence-electron chi connectivity index (χ4n) is 5.84. The second-order valence-corrected chi connectivity index (χ2v) is 13.3. The first kappa shape index (κ1) is 43.6. The molecule has 6 nitrogen and oxygen atoms in total. The molecule has 0 aliphatic heterocycles. The average Bonchev–Trinajstić information content (AvgIpc) is 3.03. The molecule has 0 saturated heterocycles. The van der Waals surface area contributed by atoms with Gasteiger partial charge in [-0.05, 0) is 76.9 Å². The lowest BCUT2D eigenvalue weighted by Gasteiger charge is -2.22. The Morgan fingerprint density at radius 3 is 1.67 bits per heavy atom. The molecule has 0 aromatic carbocycles. The Kier molecular flexibility index (Phi) is 32.9. The van der Waals surface area contributed by atoms with Crippen molar-refractivity contribution in [1.82, 2.24) is 4.90 Å². The molecule has 0 saturated carbocycles. The highest BCUT2D eigenvalue weighted by Gasteiger charge is 2.11. The number of rotatable bonds is 35. The number of unbranched alkanes of at least 4 members (excludes halogenated alkanes) is 14. The molecule has 0 heterocycles. The largest absolute Gasteiger partial charge is 0.466 e. The first-order valence-electron chi connectivity index (χ1n) is 19.3. The third-order valence-electron chi connectivity index (χ3n) is 8.98. The molecule has 45 heavy (non-hydrogen) atoms. The quantitative estimate of drug-likeness (QED) is 0.0423. The van der Waals surface area contributed by atoms with E-state index < -0.39 is 0 Å². The molecular formula is C39H75NO5. The van der Waals surface area contributed by atoms with Crippen molar-refractivity contribution >= 4 is 11.9 Å². The van der Waals surface area contributed by atoms with Gasteiger partial charge in [0.25, 0.3) is 0 Å². The highest BCUT2D eigenvalue weighted by molar-refractivity contribution is 5.72. The summed E-state index contributed by atoms with van der Waals surface area (Å²) in [6, 6.07) is 0. The molecule has 266 valence electrons. The van der Waals surface area contributed by atoms with Gasteiger partial charge in [-0.25, -0.2) is 0 Å². The van der Waals surface area contributed by atoms with Gasteiger partial charge in [0.1, 0.15) is 0 Å². The zero-order chi connectivity index (χ0) is 33.2. The molecule has 0 atom stereocenters. The van der Waals surface area contributed by atoms with Crippen LogP contribution in [0.4, 0.5) is 0 Å². The molecule has 0 bridgehead atoms. The summed E-state index contributed by atoms with van der Waals surface area (Å²) in [7, 11) is 0. The van der Waals surface area contributed by atoms with Crippen LogP contribution in [0.5, 0.6) is 0 Å². The number of nitrogens with zero attached hydrogens (tertiary/aromatic N) is 1. The lowest BCUT2D eigenvalue weighted by Crippen LogP contribution is -2.27. The normalized spacial score (nSPS) is 11.4. The van der Waals surface area contributed by atoms with E-state index >= 15 is 0 Å². The van der Waals surface area contributed by atoms with Crippen LogP contribution in [0.25, 0.3) is 0 Å². The summed E-state index contributed by atoms with van der Waals surface area (Å²) in [6.07, 6.45) is 27.6. The van der Waals surface area contributed by atoms with Crippen LogP contribution in [0.15, 0.2) is 12.2 Å². The van der Waals surface area contributed by atoms with Crippen molar-refractivity contribution in [3.63, 3.8) is 0 Å². The second-order valence-electron chi connectivity index (χ2n) is 13.3. The van der Waals surface area contributed by atoms with E-state index in [0.717, 1.165) is 76.6 Å². The molecule has 0 aromatic rings. The Labute approximate surface area is 279 Å². The monoisotopic (exact) mass is 638 g/mol. The van der Waals surface area contributed by atoms with Crippen LogP contribution in [0.2, 0.25) is 0 Å². The topological polar surface area (TPSA) is 76.1 Å². The predicted octanol–water partition coefficient (Wildman–Crippen LogP) is 10.4. The fourth-order valence-corrected chi connectivity index (χ4v) is 5.84. The Balaban J connectivity index is 3.93. The third-order valence-corrected chi connectivity index (χ3v) is 8.98. The minimum absolute atomic E-state index is 0.0108. The van der Waals surface area contributed by atoms with E-state index in [-0.39, 0.29) is 18.5 Å². The van der Waals surface area contributed by atoms with Gasteiger partial charge < -0.3 is 19.5 Å². The molecule has 0 aliphatic carbocycles. The highest BCUT2D eigenvalue weighted by Crippen LogP contribution is 2.21. The Bertz CT molecular complexity index is 672. The van der Waals surface area contributed by atoms with Gasteiger partial charge in [0, 0.05) is 13.0 Å². The van der Waals surface area contributed by atoms with Crippen LogP contribution in [-0.4, -0.2) is 61.4 Å². The SMILES string of the molecule is C=C(CC)CC(=O)OCCCCCCCCN(CCCCO)CCCCCCCC(=O)OCCC(CCCCC)CCCCC. The summed E-state index contributed by atoms with van der Waals surface area (Å²) in [5.41, 5.74) is 0.934. The van der Waals surface area contributed by atoms with Gasteiger partial charge in [0.2, 0.25) is 0 Å². The Morgan fingerprint density at radius 2 is 1.11 bits per heavy atom. The van der Waals surface area contributed by atoms with E-state index in [0.29, 0.717) is 32.0 Å². The van der Waals surface area contributed by atoms with Crippen LogP contribution in [0.1, 0.15) is 181 Å². The van der Waals surface area contributed by atoms with Gasteiger partial charge in [-0.3, -0.25) is 9.59 Å². The molecule has 0 radical (unpaired) electrons. The number of hydrogen-bond donors (Lipinski definition) is 1. The van der Waals surface area contributed by atoms with E-state index in [1.165, 1.54) is 96.3 Å². The van der Waals surface area contributed by atoms with Crippen molar-refractivity contribution in [2.45, 2.75) is 181 Å². The molecule has 0 fully saturated rings. The molecule has 0 rings (SSSR count). The van der Waals surface area contributed by atoms with Gasteiger partial charge in [-0.15, -0.1) is 0 Å². The van der Waals surface area contributed by atoms with Crippen molar-refractivity contribution in [2.75, 3.05) is 39.5 Å². The Hall–Kier alpha value is -1.40. The summed E-state index contributed by atoms with van der Waals surface area (Å²) in [6.45, 7) is 15.1. The highest BCUT2D eigenvalue weighted by atomic mass is 16.5. The fraction of sp³-hybridized carbons (Fsp3) is 0.897. The number of aliphatic hydroxyl groups excluding tert-OH is 1. The summed E-state index contributed by atoms with van der Waals surface area (Å²) in [5, 5.41) is 9.20. The predicted molar refractivity (Wildman–Crippen MR) is 191 cm³/mol. The molecule has 0 amide bonds. The Morgan fingerprint density at radius 1 is 0.600 bits per heavy atom. The molecule has 0 unspecified atom stereocenters. The van der Waals surface area contributed by atoms with E-state index in [4.69, 9.17) is 9.47 Å². The van der Waals surface area contributed by atoms with Gasteiger partial charge in [0.15, 0.2) is 0 Å². The van der Waals surface area contributed by atoms with Crippen LogP contribution in [0.3, 0.4) is 0 Å². The molecule has 0 aromatic heterocycles. The number of carbonyl (C=O) groups is 2. The summed E-state index contributed by atoms with van der Waals surface area (Å²) in [5.74, 6) is 0.557. The van der Waals surface area contributed by atoms with Crippen molar-refractivity contribution in [1.29, 1.82) is 0 Å². The van der Waals surface area contributed by atoms with E-state index in [2.05, 4.69) is 25.3 Å². The minimum atomic E-state index is -0.145. The number of hydrogen-bond acceptors (Lipinski definition) is 6. The zero-order valence-electron chi connectivity index (χ0n) is 30.2. The minimum Gasteiger partial charge on any atom is -0.466 e. The summed E-state index contributed by atoms with van der Waals surface area (Å²) < 4.78 is 10.9. The summed E-state index contributed by atoms with van der Waals surface area (Å²) >= 11 is 0. The van der Waals surface area contributed by atoms with E-state index in [1.807, 2.05) is 6.92 Å². The summed E-state index contributed by atoms with van der Waals surface area (Å²) in [4.78, 5) is 26.5. The molecule has 0 spiro atoms. The van der Waals surface area contributed by atoms with Crippen LogP contribution in [-0.2, 0) is 19.1 Å². The second kappa shape index (κ2) is 33.9. The average molecular weight is 638 g/mol. The van der Waals surface area contributed by atoms with Crippen molar-refractivity contribution in [3.05, 3.63) is 12.2 Å². The number of aliphatic hydroxyl groups is 1. The van der Waals surface area contributed by atoms with Crippen LogP contribution < -0.4 is 0 Å².